The largest absolute Gasteiger partial charge is 0.338 e. The third-order valence-corrected chi connectivity index (χ3v) is 7.55. The fraction of sp³-hybridized carbons (Fsp3) is 0.391. The van der Waals surface area contributed by atoms with Crippen LogP contribution in [0.3, 0.4) is 0 Å². The molecule has 1 N–H and O–H groups in total. The molecule has 1 saturated heterocycles. The van der Waals surface area contributed by atoms with Crippen molar-refractivity contribution in [1.29, 1.82) is 0 Å². The second-order valence-corrected chi connectivity index (χ2v) is 10.5. The highest BCUT2D eigenvalue weighted by Gasteiger charge is 2.34. The standard InChI is InChI=1S/C23H29N3O4S/c1-15-6-8-18(9-7-15)13-26-14-19(11-22(26)27)23(28)24-21-12-20(10-16(2)17(21)3)31(29,30)25(4)5/h6-10,12,19H,11,13-14H2,1-5H3,(H,24,28). The fourth-order valence-electron chi connectivity index (χ4n) is 3.57. The van der Waals surface area contributed by atoms with Crippen LogP contribution in [0.2, 0.25) is 0 Å². The molecule has 0 radical (unpaired) electrons. The molecule has 0 bridgehead atoms. The van der Waals surface area contributed by atoms with E-state index in [1.807, 2.05) is 45.0 Å². The van der Waals surface area contributed by atoms with Gasteiger partial charge in [0.15, 0.2) is 0 Å². The van der Waals surface area contributed by atoms with E-state index >= 15 is 0 Å². The molecule has 1 aliphatic heterocycles. The topological polar surface area (TPSA) is 86.8 Å². The lowest BCUT2D eigenvalue weighted by atomic mass is 10.1. The monoisotopic (exact) mass is 443 g/mol. The van der Waals surface area contributed by atoms with E-state index < -0.39 is 15.9 Å². The first-order valence-corrected chi connectivity index (χ1v) is 11.6. The molecule has 1 fully saturated rings. The normalized spacial score (nSPS) is 16.8. The smallest absolute Gasteiger partial charge is 0.242 e. The Labute approximate surface area is 184 Å². The first kappa shape index (κ1) is 23.0. The third-order valence-electron chi connectivity index (χ3n) is 5.76. The molecule has 2 amide bonds. The molecule has 1 atom stereocenters. The van der Waals surface area contributed by atoms with Crippen LogP contribution in [0.15, 0.2) is 41.3 Å². The first-order valence-electron chi connectivity index (χ1n) is 10.2. The van der Waals surface area contributed by atoms with Gasteiger partial charge in [0.25, 0.3) is 0 Å². The maximum atomic E-state index is 12.9. The molecule has 0 aliphatic carbocycles. The quantitative estimate of drug-likeness (QED) is 0.744. The highest BCUT2D eigenvalue weighted by molar-refractivity contribution is 7.89. The molecule has 7 nitrogen and oxygen atoms in total. The van der Waals surface area contributed by atoms with E-state index in [9.17, 15) is 18.0 Å². The molecular weight excluding hydrogens is 414 g/mol. The predicted octanol–water partition coefficient (Wildman–Crippen LogP) is 2.85. The van der Waals surface area contributed by atoms with Gasteiger partial charge >= 0.3 is 0 Å². The number of carbonyl (C=O) groups excluding carboxylic acids is 2. The number of nitrogens with one attached hydrogen (secondary N) is 1. The van der Waals surface area contributed by atoms with Crippen molar-refractivity contribution in [2.45, 2.75) is 38.6 Å². The van der Waals surface area contributed by atoms with Crippen molar-refractivity contribution in [3.8, 4) is 0 Å². The minimum Gasteiger partial charge on any atom is -0.338 e. The van der Waals surface area contributed by atoms with Gasteiger partial charge in [-0.2, -0.15) is 0 Å². The van der Waals surface area contributed by atoms with Gasteiger partial charge in [0, 0.05) is 39.3 Å². The zero-order chi connectivity index (χ0) is 22.9. The van der Waals surface area contributed by atoms with Crippen molar-refractivity contribution in [1.82, 2.24) is 9.21 Å². The van der Waals surface area contributed by atoms with Gasteiger partial charge in [-0.1, -0.05) is 29.8 Å². The Kier molecular flexibility index (Phi) is 6.52. The first-order chi connectivity index (χ1) is 14.5. The third kappa shape index (κ3) is 4.97. The minimum atomic E-state index is -3.63. The van der Waals surface area contributed by atoms with Gasteiger partial charge in [-0.25, -0.2) is 12.7 Å². The fourth-order valence-corrected chi connectivity index (χ4v) is 4.58. The molecule has 0 aromatic heterocycles. The number of sulfonamides is 1. The molecule has 0 spiro atoms. The number of amides is 2. The van der Waals surface area contributed by atoms with E-state index in [4.69, 9.17) is 0 Å². The van der Waals surface area contributed by atoms with Crippen molar-refractivity contribution in [2.75, 3.05) is 26.0 Å². The zero-order valence-electron chi connectivity index (χ0n) is 18.6. The Morgan fingerprint density at radius 2 is 1.77 bits per heavy atom. The van der Waals surface area contributed by atoms with Gasteiger partial charge in [-0.05, 0) is 49.6 Å². The van der Waals surface area contributed by atoms with Crippen LogP contribution in [-0.2, 0) is 26.2 Å². The van der Waals surface area contributed by atoms with Crippen LogP contribution in [-0.4, -0.2) is 50.1 Å². The van der Waals surface area contributed by atoms with Gasteiger partial charge in [-0.15, -0.1) is 0 Å². The van der Waals surface area contributed by atoms with E-state index in [1.54, 1.807) is 11.0 Å². The second-order valence-electron chi connectivity index (χ2n) is 8.35. The molecule has 8 heteroatoms. The Morgan fingerprint density at radius 1 is 1.13 bits per heavy atom. The van der Waals surface area contributed by atoms with Crippen LogP contribution in [0, 0.1) is 26.7 Å². The SMILES string of the molecule is Cc1ccc(CN2CC(C(=O)Nc3cc(S(=O)(=O)N(C)C)cc(C)c3C)CC2=O)cc1. The maximum Gasteiger partial charge on any atom is 0.242 e. The van der Waals surface area contributed by atoms with Gasteiger partial charge in [0.2, 0.25) is 21.8 Å². The number of benzene rings is 2. The number of carbonyl (C=O) groups is 2. The summed E-state index contributed by atoms with van der Waals surface area (Å²) in [4.78, 5) is 27.2. The molecule has 31 heavy (non-hydrogen) atoms. The number of rotatable bonds is 6. The minimum absolute atomic E-state index is 0.0578. The summed E-state index contributed by atoms with van der Waals surface area (Å²) in [6, 6.07) is 11.1. The second kappa shape index (κ2) is 8.80. The van der Waals surface area contributed by atoms with Crippen molar-refractivity contribution in [3.63, 3.8) is 0 Å². The van der Waals surface area contributed by atoms with Crippen LogP contribution >= 0.6 is 0 Å². The summed E-state index contributed by atoms with van der Waals surface area (Å²) in [7, 11) is -0.693. The summed E-state index contributed by atoms with van der Waals surface area (Å²) in [6.45, 7) is 6.46. The molecule has 166 valence electrons. The molecule has 2 aromatic carbocycles. The number of aryl methyl sites for hydroxylation is 2. The van der Waals surface area contributed by atoms with Crippen molar-refractivity contribution < 1.29 is 18.0 Å². The van der Waals surface area contributed by atoms with Crippen LogP contribution in [0.5, 0.6) is 0 Å². The molecular formula is C23H29N3O4S. The summed E-state index contributed by atoms with van der Waals surface area (Å²) in [5, 5.41) is 2.86. The van der Waals surface area contributed by atoms with Crippen molar-refractivity contribution >= 4 is 27.5 Å². The summed E-state index contributed by atoms with van der Waals surface area (Å²) in [6.07, 6.45) is 0.144. The molecule has 0 saturated carbocycles. The summed E-state index contributed by atoms with van der Waals surface area (Å²) < 4.78 is 26.2. The highest BCUT2D eigenvalue weighted by atomic mass is 32.2. The van der Waals surface area contributed by atoms with E-state index in [0.717, 1.165) is 26.6 Å². The van der Waals surface area contributed by atoms with E-state index in [1.165, 1.54) is 20.2 Å². The van der Waals surface area contributed by atoms with Crippen LogP contribution < -0.4 is 5.32 Å². The van der Waals surface area contributed by atoms with E-state index in [-0.39, 0.29) is 23.1 Å². The molecule has 1 unspecified atom stereocenters. The Bertz CT molecular complexity index is 1110. The number of nitrogens with zero attached hydrogens (tertiary/aromatic N) is 2. The lowest BCUT2D eigenvalue weighted by Crippen LogP contribution is -2.28. The lowest BCUT2D eigenvalue weighted by Gasteiger charge is -2.18. The van der Waals surface area contributed by atoms with Crippen LogP contribution in [0.1, 0.15) is 28.7 Å². The molecule has 1 heterocycles. The number of hydrogen-bond acceptors (Lipinski definition) is 4. The number of anilines is 1. The van der Waals surface area contributed by atoms with Crippen molar-refractivity contribution in [3.05, 3.63) is 58.7 Å². The van der Waals surface area contributed by atoms with Gasteiger partial charge in [0.05, 0.1) is 10.8 Å². The lowest BCUT2D eigenvalue weighted by molar-refractivity contribution is -0.128. The Morgan fingerprint density at radius 3 is 2.39 bits per heavy atom. The van der Waals surface area contributed by atoms with Gasteiger partial charge < -0.3 is 10.2 Å². The highest BCUT2D eigenvalue weighted by Crippen LogP contribution is 2.27. The molecule has 1 aliphatic rings. The van der Waals surface area contributed by atoms with E-state index in [2.05, 4.69) is 5.32 Å². The molecule has 3 rings (SSSR count). The Hall–Kier alpha value is -2.71. The van der Waals surface area contributed by atoms with E-state index in [0.29, 0.717) is 18.8 Å². The average molecular weight is 444 g/mol. The van der Waals surface area contributed by atoms with Gasteiger partial charge in [-0.3, -0.25) is 9.59 Å². The Balaban J connectivity index is 1.75. The predicted molar refractivity (Wildman–Crippen MR) is 120 cm³/mol. The van der Waals surface area contributed by atoms with Crippen LogP contribution in [0.25, 0.3) is 0 Å². The van der Waals surface area contributed by atoms with Gasteiger partial charge in [0.1, 0.15) is 0 Å². The van der Waals surface area contributed by atoms with Crippen LogP contribution in [0.4, 0.5) is 5.69 Å². The number of hydrogen-bond donors (Lipinski definition) is 1. The zero-order valence-corrected chi connectivity index (χ0v) is 19.4. The summed E-state index contributed by atoms with van der Waals surface area (Å²) in [5.74, 6) is -0.814. The average Bonchev–Trinajstić information content (AvgIpc) is 3.07. The van der Waals surface area contributed by atoms with Crippen molar-refractivity contribution in [2.24, 2.45) is 5.92 Å². The molecule has 2 aromatic rings. The maximum absolute atomic E-state index is 12.9. The summed E-state index contributed by atoms with van der Waals surface area (Å²) in [5.41, 5.74) is 4.19. The summed E-state index contributed by atoms with van der Waals surface area (Å²) >= 11 is 0. The number of likely N-dealkylation sites (tertiary alicyclic amines) is 1.